The lowest BCUT2D eigenvalue weighted by atomic mass is 9.78. The molecule has 0 amide bonds. The van der Waals surface area contributed by atoms with Crippen LogP contribution in [0.3, 0.4) is 0 Å². The quantitative estimate of drug-likeness (QED) is 0.238. The van der Waals surface area contributed by atoms with Gasteiger partial charge in [0.05, 0.1) is 0 Å². The monoisotopic (exact) mass is 446 g/mol. The van der Waals surface area contributed by atoms with Crippen LogP contribution in [-0.4, -0.2) is 0 Å². The molecule has 0 N–H and O–H groups in total. The minimum Gasteiger partial charge on any atom is -0.207 e. The first-order valence-corrected chi connectivity index (χ1v) is 13.6. The van der Waals surface area contributed by atoms with E-state index in [2.05, 4.69) is 50.0 Å². The average molecular weight is 447 g/mol. The van der Waals surface area contributed by atoms with E-state index in [1.165, 1.54) is 62.5 Å². The van der Waals surface area contributed by atoms with Crippen LogP contribution in [0.15, 0.2) is 42.5 Å². The van der Waals surface area contributed by atoms with Crippen LogP contribution in [0, 0.1) is 23.6 Å². The van der Waals surface area contributed by atoms with Gasteiger partial charge in [-0.2, -0.15) is 0 Å². The fourth-order valence-corrected chi connectivity index (χ4v) is 5.04. The minimum atomic E-state index is -0.0917. The molecule has 0 unspecified atom stereocenters. The normalized spacial score (nSPS) is 18.0. The molecule has 0 bridgehead atoms. The molecule has 0 heterocycles. The van der Waals surface area contributed by atoms with Gasteiger partial charge in [-0.3, -0.25) is 0 Å². The summed E-state index contributed by atoms with van der Waals surface area (Å²) in [5.74, 6) is 7.71. The van der Waals surface area contributed by atoms with Gasteiger partial charge in [0.15, 0.2) is 0 Å². The van der Waals surface area contributed by atoms with Crippen LogP contribution in [-0.2, 0) is 12.8 Å². The standard InChI is InChI=1S/C32H43F/c1-3-5-7-8-10-11-26-15-20-29(21-16-26)30-22-17-27(18-23-30)13-14-28-19-24-31(32(33)25-28)12-9-6-4-2/h15-16,19-21,24-25,27,30H,3-12,17-18,22-23H2,1-2H3/t27-,30-. The Bertz CT molecular complexity index is 875. The second kappa shape index (κ2) is 14.2. The third-order valence-electron chi connectivity index (χ3n) is 7.27. The lowest BCUT2D eigenvalue weighted by molar-refractivity contribution is 0.384. The van der Waals surface area contributed by atoms with Crippen molar-refractivity contribution in [1.29, 1.82) is 0 Å². The predicted octanol–water partition coefficient (Wildman–Crippen LogP) is 9.40. The molecule has 0 spiro atoms. The van der Waals surface area contributed by atoms with Gasteiger partial charge in [-0.15, -0.1) is 0 Å². The third-order valence-corrected chi connectivity index (χ3v) is 7.27. The number of aryl methyl sites for hydroxylation is 2. The highest BCUT2D eigenvalue weighted by Crippen LogP contribution is 2.35. The Kier molecular flexibility index (Phi) is 11.0. The minimum absolute atomic E-state index is 0.0917. The average Bonchev–Trinajstić information content (AvgIpc) is 2.85. The summed E-state index contributed by atoms with van der Waals surface area (Å²) >= 11 is 0. The smallest absolute Gasteiger partial charge is 0.127 e. The Morgan fingerprint density at radius 1 is 0.758 bits per heavy atom. The molecule has 0 aliphatic heterocycles. The molecule has 1 aliphatic carbocycles. The summed E-state index contributed by atoms with van der Waals surface area (Å²) in [5, 5.41) is 0. The molecule has 2 aromatic rings. The van der Waals surface area contributed by atoms with E-state index in [-0.39, 0.29) is 5.82 Å². The predicted molar refractivity (Wildman–Crippen MR) is 140 cm³/mol. The van der Waals surface area contributed by atoms with Gasteiger partial charge >= 0.3 is 0 Å². The molecule has 3 rings (SSSR count). The Hall–Kier alpha value is -2.07. The van der Waals surface area contributed by atoms with Gasteiger partial charge in [0.25, 0.3) is 0 Å². The van der Waals surface area contributed by atoms with E-state index < -0.39 is 0 Å². The molecule has 1 heteroatoms. The van der Waals surface area contributed by atoms with E-state index in [9.17, 15) is 4.39 Å². The third kappa shape index (κ3) is 8.66. The molecule has 0 nitrogen and oxygen atoms in total. The maximum absolute atomic E-state index is 14.4. The van der Waals surface area contributed by atoms with E-state index >= 15 is 0 Å². The topological polar surface area (TPSA) is 0 Å². The molecular weight excluding hydrogens is 403 g/mol. The van der Waals surface area contributed by atoms with E-state index in [0.717, 1.165) is 49.7 Å². The van der Waals surface area contributed by atoms with Crippen molar-refractivity contribution in [3.63, 3.8) is 0 Å². The van der Waals surface area contributed by atoms with Crippen LogP contribution in [0.1, 0.15) is 119 Å². The largest absolute Gasteiger partial charge is 0.207 e. The summed E-state index contributed by atoms with van der Waals surface area (Å²) in [4.78, 5) is 0. The van der Waals surface area contributed by atoms with Crippen molar-refractivity contribution in [2.24, 2.45) is 5.92 Å². The Morgan fingerprint density at radius 2 is 1.42 bits per heavy atom. The summed E-state index contributed by atoms with van der Waals surface area (Å²) < 4.78 is 14.4. The molecule has 0 atom stereocenters. The molecule has 0 saturated heterocycles. The zero-order valence-corrected chi connectivity index (χ0v) is 21.0. The number of unbranched alkanes of at least 4 members (excludes halogenated alkanes) is 6. The van der Waals surface area contributed by atoms with Gasteiger partial charge in [0.2, 0.25) is 0 Å². The van der Waals surface area contributed by atoms with Crippen LogP contribution in [0.2, 0.25) is 0 Å². The molecule has 1 aliphatic rings. The number of hydrogen-bond donors (Lipinski definition) is 0. The molecule has 0 radical (unpaired) electrons. The van der Waals surface area contributed by atoms with Gasteiger partial charge in [-0.25, -0.2) is 4.39 Å². The zero-order chi connectivity index (χ0) is 23.3. The Morgan fingerprint density at radius 3 is 2.12 bits per heavy atom. The molecule has 178 valence electrons. The molecule has 1 saturated carbocycles. The first kappa shape index (κ1) is 25.6. The second-order valence-corrected chi connectivity index (χ2v) is 9.99. The van der Waals surface area contributed by atoms with Crippen LogP contribution in [0.25, 0.3) is 0 Å². The van der Waals surface area contributed by atoms with E-state index in [0.29, 0.717) is 11.8 Å². The van der Waals surface area contributed by atoms with Crippen LogP contribution < -0.4 is 0 Å². The van der Waals surface area contributed by atoms with Crippen LogP contribution >= 0.6 is 0 Å². The van der Waals surface area contributed by atoms with Crippen molar-refractivity contribution in [3.05, 3.63) is 70.5 Å². The van der Waals surface area contributed by atoms with Gasteiger partial charge < -0.3 is 0 Å². The fourth-order valence-electron chi connectivity index (χ4n) is 5.04. The Balaban J connectivity index is 1.44. The first-order chi connectivity index (χ1) is 16.2. The highest BCUT2D eigenvalue weighted by atomic mass is 19.1. The number of halogens is 1. The highest BCUT2D eigenvalue weighted by molar-refractivity contribution is 5.37. The molecule has 33 heavy (non-hydrogen) atoms. The fraction of sp³-hybridized carbons (Fsp3) is 0.562. The van der Waals surface area contributed by atoms with Crippen molar-refractivity contribution in [1.82, 2.24) is 0 Å². The van der Waals surface area contributed by atoms with E-state index in [1.54, 1.807) is 6.07 Å². The number of hydrogen-bond acceptors (Lipinski definition) is 0. The van der Waals surface area contributed by atoms with Crippen molar-refractivity contribution in [2.45, 2.75) is 110 Å². The number of benzene rings is 2. The van der Waals surface area contributed by atoms with Gasteiger partial charge in [-0.05, 0) is 86.1 Å². The van der Waals surface area contributed by atoms with Gasteiger partial charge in [-0.1, -0.05) is 94.5 Å². The molecular formula is C32H43F. The summed E-state index contributed by atoms with van der Waals surface area (Å²) in [6, 6.07) is 15.0. The van der Waals surface area contributed by atoms with Crippen molar-refractivity contribution >= 4 is 0 Å². The van der Waals surface area contributed by atoms with Crippen molar-refractivity contribution in [3.8, 4) is 11.8 Å². The summed E-state index contributed by atoms with van der Waals surface area (Å²) in [6.45, 7) is 4.45. The maximum atomic E-state index is 14.4. The van der Waals surface area contributed by atoms with Crippen molar-refractivity contribution in [2.75, 3.05) is 0 Å². The lowest BCUT2D eigenvalue weighted by Crippen LogP contribution is -2.12. The summed E-state index contributed by atoms with van der Waals surface area (Å²) in [6.07, 6.45) is 16.9. The Labute approximate surface area is 202 Å². The molecule has 1 fully saturated rings. The second-order valence-electron chi connectivity index (χ2n) is 9.99. The first-order valence-electron chi connectivity index (χ1n) is 13.6. The number of rotatable bonds is 11. The SMILES string of the molecule is CCCCCCCc1ccc([C@H]2CC[C@H](C#Cc3ccc(CCCCC)c(F)c3)CC2)cc1. The lowest BCUT2D eigenvalue weighted by Gasteiger charge is -2.26. The zero-order valence-electron chi connectivity index (χ0n) is 21.0. The molecule has 0 aromatic heterocycles. The van der Waals surface area contributed by atoms with Crippen LogP contribution in [0.4, 0.5) is 4.39 Å². The van der Waals surface area contributed by atoms with Crippen molar-refractivity contribution < 1.29 is 4.39 Å². The van der Waals surface area contributed by atoms with Crippen LogP contribution in [0.5, 0.6) is 0 Å². The highest BCUT2D eigenvalue weighted by Gasteiger charge is 2.21. The summed E-state index contributed by atoms with van der Waals surface area (Å²) in [5.41, 5.74) is 4.63. The van der Waals surface area contributed by atoms with Gasteiger partial charge in [0, 0.05) is 11.5 Å². The maximum Gasteiger partial charge on any atom is 0.127 e. The van der Waals surface area contributed by atoms with E-state index in [4.69, 9.17) is 0 Å². The summed E-state index contributed by atoms with van der Waals surface area (Å²) in [7, 11) is 0. The van der Waals surface area contributed by atoms with Gasteiger partial charge in [0.1, 0.15) is 5.82 Å². The van der Waals surface area contributed by atoms with E-state index in [1.807, 2.05) is 12.1 Å². The molecule has 2 aromatic carbocycles.